The van der Waals surface area contributed by atoms with Crippen molar-refractivity contribution < 1.29 is 9.53 Å². The fourth-order valence-electron chi connectivity index (χ4n) is 2.43. The number of hydrogen-bond acceptors (Lipinski definition) is 2. The first-order chi connectivity index (χ1) is 9.52. The molecule has 0 aliphatic carbocycles. The van der Waals surface area contributed by atoms with Gasteiger partial charge in [0, 0.05) is 11.5 Å². The maximum Gasteiger partial charge on any atom is 0.160 e. The molecule has 2 rings (SSSR count). The Balaban J connectivity index is 2.43. The Morgan fingerprint density at radius 1 is 1.10 bits per heavy atom. The van der Waals surface area contributed by atoms with Crippen molar-refractivity contribution in [2.45, 2.75) is 26.7 Å². The number of carbonyl (C=O) groups excluding carboxylic acids is 1. The lowest BCUT2D eigenvalue weighted by Gasteiger charge is -2.17. The SMILES string of the molecule is COc1ccc(C(C)c2cc(C)ccc2C(C)=O)cc1. The van der Waals surface area contributed by atoms with Gasteiger partial charge >= 0.3 is 0 Å². The van der Waals surface area contributed by atoms with Gasteiger partial charge in [-0.1, -0.05) is 42.8 Å². The summed E-state index contributed by atoms with van der Waals surface area (Å²) in [4.78, 5) is 11.8. The van der Waals surface area contributed by atoms with E-state index in [0.29, 0.717) is 0 Å². The van der Waals surface area contributed by atoms with Crippen LogP contribution in [0.3, 0.4) is 0 Å². The van der Waals surface area contributed by atoms with E-state index in [9.17, 15) is 4.79 Å². The molecule has 0 saturated carbocycles. The van der Waals surface area contributed by atoms with Gasteiger partial charge < -0.3 is 4.74 Å². The van der Waals surface area contributed by atoms with Gasteiger partial charge in [-0.25, -0.2) is 0 Å². The monoisotopic (exact) mass is 268 g/mol. The van der Waals surface area contributed by atoms with Crippen molar-refractivity contribution in [2.24, 2.45) is 0 Å². The van der Waals surface area contributed by atoms with Gasteiger partial charge in [0.05, 0.1) is 7.11 Å². The fraction of sp³-hybridized carbons (Fsp3) is 0.278. The summed E-state index contributed by atoms with van der Waals surface area (Å²) in [5.41, 5.74) is 4.24. The molecule has 0 amide bonds. The van der Waals surface area contributed by atoms with E-state index in [1.165, 1.54) is 11.1 Å². The largest absolute Gasteiger partial charge is 0.497 e. The van der Waals surface area contributed by atoms with Crippen molar-refractivity contribution in [3.05, 3.63) is 64.7 Å². The second kappa shape index (κ2) is 5.91. The van der Waals surface area contributed by atoms with E-state index in [1.54, 1.807) is 14.0 Å². The molecule has 1 atom stereocenters. The third-order valence-corrected chi connectivity index (χ3v) is 3.67. The number of Topliss-reactive ketones (excluding diaryl/α,β-unsaturated/α-hetero) is 1. The second-order valence-corrected chi connectivity index (χ2v) is 5.14. The number of aryl methyl sites for hydroxylation is 1. The molecule has 2 nitrogen and oxygen atoms in total. The van der Waals surface area contributed by atoms with E-state index >= 15 is 0 Å². The molecule has 0 fully saturated rings. The molecular formula is C18H20O2. The Morgan fingerprint density at radius 3 is 2.30 bits per heavy atom. The summed E-state index contributed by atoms with van der Waals surface area (Å²) >= 11 is 0. The van der Waals surface area contributed by atoms with Gasteiger partial charge in [-0.3, -0.25) is 4.79 Å². The van der Waals surface area contributed by atoms with Crippen LogP contribution >= 0.6 is 0 Å². The van der Waals surface area contributed by atoms with E-state index in [-0.39, 0.29) is 11.7 Å². The predicted molar refractivity (Wildman–Crippen MR) is 81.7 cm³/mol. The van der Waals surface area contributed by atoms with Gasteiger partial charge in [0.1, 0.15) is 5.75 Å². The van der Waals surface area contributed by atoms with Crippen molar-refractivity contribution in [3.8, 4) is 5.75 Å². The minimum absolute atomic E-state index is 0.111. The zero-order valence-corrected chi connectivity index (χ0v) is 12.4. The number of methoxy groups -OCH3 is 1. The molecule has 0 aromatic heterocycles. The third kappa shape index (κ3) is 2.90. The van der Waals surface area contributed by atoms with Crippen LogP contribution in [0.4, 0.5) is 0 Å². The summed E-state index contributed by atoms with van der Waals surface area (Å²) in [7, 11) is 1.66. The molecule has 0 heterocycles. The molecule has 104 valence electrons. The smallest absolute Gasteiger partial charge is 0.160 e. The van der Waals surface area contributed by atoms with Crippen LogP contribution in [0.2, 0.25) is 0 Å². The molecule has 0 N–H and O–H groups in total. The number of rotatable bonds is 4. The first-order valence-corrected chi connectivity index (χ1v) is 6.78. The first-order valence-electron chi connectivity index (χ1n) is 6.78. The molecule has 0 aliphatic rings. The van der Waals surface area contributed by atoms with Gasteiger partial charge in [0.15, 0.2) is 5.78 Å². The van der Waals surface area contributed by atoms with Crippen molar-refractivity contribution in [1.82, 2.24) is 0 Å². The number of benzene rings is 2. The van der Waals surface area contributed by atoms with Crippen molar-refractivity contribution >= 4 is 5.78 Å². The van der Waals surface area contributed by atoms with Crippen LogP contribution in [0.15, 0.2) is 42.5 Å². The van der Waals surface area contributed by atoms with Crippen LogP contribution in [-0.4, -0.2) is 12.9 Å². The van der Waals surface area contributed by atoms with Crippen molar-refractivity contribution in [1.29, 1.82) is 0 Å². The zero-order valence-electron chi connectivity index (χ0n) is 12.4. The van der Waals surface area contributed by atoms with E-state index in [2.05, 4.69) is 25.1 Å². The quantitative estimate of drug-likeness (QED) is 0.770. The van der Waals surface area contributed by atoms with Crippen molar-refractivity contribution in [3.63, 3.8) is 0 Å². The van der Waals surface area contributed by atoms with Gasteiger partial charge in [-0.2, -0.15) is 0 Å². The summed E-state index contributed by atoms with van der Waals surface area (Å²) in [5, 5.41) is 0. The summed E-state index contributed by atoms with van der Waals surface area (Å²) in [6.45, 7) is 5.80. The molecule has 2 heteroatoms. The summed E-state index contributed by atoms with van der Waals surface area (Å²) in [6, 6.07) is 14.0. The Kier molecular flexibility index (Phi) is 4.23. The molecule has 0 bridgehead atoms. The highest BCUT2D eigenvalue weighted by molar-refractivity contribution is 5.96. The highest BCUT2D eigenvalue weighted by Crippen LogP contribution is 2.29. The molecule has 2 aromatic rings. The molecular weight excluding hydrogens is 248 g/mol. The minimum atomic E-state index is 0.111. The zero-order chi connectivity index (χ0) is 14.7. The lowest BCUT2D eigenvalue weighted by Crippen LogP contribution is -2.05. The number of hydrogen-bond donors (Lipinski definition) is 0. The van der Waals surface area contributed by atoms with E-state index in [1.807, 2.05) is 31.2 Å². The standard InChI is InChI=1S/C18H20O2/c1-12-5-10-17(14(3)19)18(11-12)13(2)15-6-8-16(20-4)9-7-15/h5-11,13H,1-4H3. The van der Waals surface area contributed by atoms with Gasteiger partial charge in [0.2, 0.25) is 0 Å². The van der Waals surface area contributed by atoms with Gasteiger partial charge in [-0.05, 0) is 37.1 Å². The molecule has 0 saturated heterocycles. The van der Waals surface area contributed by atoms with Crippen LogP contribution in [0.1, 0.15) is 46.8 Å². The lowest BCUT2D eigenvalue weighted by atomic mass is 9.87. The van der Waals surface area contributed by atoms with Gasteiger partial charge in [0.25, 0.3) is 0 Å². The Labute approximate surface area is 120 Å². The molecule has 1 unspecified atom stereocenters. The Morgan fingerprint density at radius 2 is 1.75 bits per heavy atom. The molecule has 0 spiro atoms. The minimum Gasteiger partial charge on any atom is -0.497 e. The van der Waals surface area contributed by atoms with E-state index < -0.39 is 0 Å². The van der Waals surface area contributed by atoms with E-state index in [4.69, 9.17) is 4.74 Å². The van der Waals surface area contributed by atoms with Crippen LogP contribution in [-0.2, 0) is 0 Å². The van der Waals surface area contributed by atoms with Crippen molar-refractivity contribution in [2.75, 3.05) is 7.11 Å². The highest BCUT2D eigenvalue weighted by Gasteiger charge is 2.15. The summed E-state index contributed by atoms with van der Waals surface area (Å²) in [5.74, 6) is 1.14. The fourth-order valence-corrected chi connectivity index (χ4v) is 2.43. The molecule has 2 aromatic carbocycles. The second-order valence-electron chi connectivity index (χ2n) is 5.14. The first kappa shape index (κ1) is 14.3. The molecule has 0 aliphatic heterocycles. The van der Waals surface area contributed by atoms with Crippen LogP contribution in [0.25, 0.3) is 0 Å². The van der Waals surface area contributed by atoms with Crippen LogP contribution in [0, 0.1) is 6.92 Å². The number of ether oxygens (including phenoxy) is 1. The van der Waals surface area contributed by atoms with E-state index in [0.717, 1.165) is 16.9 Å². The maximum atomic E-state index is 11.8. The average Bonchev–Trinajstić information content (AvgIpc) is 2.46. The van der Waals surface area contributed by atoms with Gasteiger partial charge in [-0.15, -0.1) is 0 Å². The molecule has 0 radical (unpaired) electrons. The molecule has 20 heavy (non-hydrogen) atoms. The Hall–Kier alpha value is -2.09. The predicted octanol–water partition coefficient (Wildman–Crippen LogP) is 4.36. The highest BCUT2D eigenvalue weighted by atomic mass is 16.5. The normalized spacial score (nSPS) is 12.0. The summed E-state index contributed by atoms with van der Waals surface area (Å²) < 4.78 is 5.18. The maximum absolute atomic E-state index is 11.8. The van der Waals surface area contributed by atoms with Crippen LogP contribution in [0.5, 0.6) is 5.75 Å². The topological polar surface area (TPSA) is 26.3 Å². The number of carbonyl (C=O) groups is 1. The summed E-state index contributed by atoms with van der Waals surface area (Å²) in [6.07, 6.45) is 0. The average molecular weight is 268 g/mol. The third-order valence-electron chi connectivity index (χ3n) is 3.67. The Bertz CT molecular complexity index is 612. The number of ketones is 1. The lowest BCUT2D eigenvalue weighted by molar-refractivity contribution is 0.101. The van der Waals surface area contributed by atoms with Crippen LogP contribution < -0.4 is 4.74 Å².